The number of hydrogen-bond donors (Lipinski definition) is 2. The van der Waals surface area contributed by atoms with Crippen molar-refractivity contribution in [2.45, 2.75) is 161 Å². The second kappa shape index (κ2) is 25.2. The first-order valence-electron chi connectivity index (χ1n) is 14.0. The van der Waals surface area contributed by atoms with Gasteiger partial charge in [-0.3, -0.25) is 0 Å². The minimum atomic E-state index is 0.384. The highest BCUT2D eigenvalue weighted by Crippen LogP contribution is 2.15. The lowest BCUT2D eigenvalue weighted by Crippen LogP contribution is -2.37. The molecule has 0 saturated carbocycles. The maximum atomic E-state index is 4.23. The molecule has 2 unspecified atom stereocenters. The lowest BCUT2D eigenvalue weighted by atomic mass is 10.00. The van der Waals surface area contributed by atoms with Crippen molar-refractivity contribution in [2.24, 2.45) is 0 Å². The standard InChI is InChI=1S/C28H59N2/c1-5-8-9-10-11-12-13-14-15-16-17-18-19-20-21-22-23-24-25-28(30-7-3)26-27(4)29-6-2/h27-30H,4-26H2,1-3H3. The normalized spacial score (nSPS) is 13.6. The molecule has 2 N–H and O–H groups in total. The van der Waals surface area contributed by atoms with Crippen LogP contribution in [0.1, 0.15) is 149 Å². The second-order valence-electron chi connectivity index (χ2n) is 9.54. The Morgan fingerprint density at radius 1 is 0.500 bits per heavy atom. The number of rotatable bonds is 25. The van der Waals surface area contributed by atoms with Gasteiger partial charge in [0.05, 0.1) is 0 Å². The Morgan fingerprint density at radius 3 is 1.23 bits per heavy atom. The van der Waals surface area contributed by atoms with Gasteiger partial charge >= 0.3 is 0 Å². The summed E-state index contributed by atoms with van der Waals surface area (Å²) in [6.45, 7) is 13.0. The molecular weight excluding hydrogens is 364 g/mol. The molecular formula is C28H59N2. The monoisotopic (exact) mass is 423 g/mol. The topological polar surface area (TPSA) is 24.1 Å². The van der Waals surface area contributed by atoms with E-state index in [0.29, 0.717) is 12.1 Å². The zero-order valence-electron chi connectivity index (χ0n) is 21.4. The Bertz CT molecular complexity index is 305. The lowest BCUT2D eigenvalue weighted by Gasteiger charge is -2.22. The fourth-order valence-electron chi connectivity index (χ4n) is 4.60. The molecule has 0 aromatic heterocycles. The number of nitrogens with one attached hydrogen (secondary N) is 2. The summed E-state index contributed by atoms with van der Waals surface area (Å²) in [6.07, 6.45) is 28.6. The van der Waals surface area contributed by atoms with Crippen LogP contribution in [0.15, 0.2) is 0 Å². The van der Waals surface area contributed by atoms with E-state index >= 15 is 0 Å². The van der Waals surface area contributed by atoms with Crippen molar-refractivity contribution in [3.63, 3.8) is 0 Å². The van der Waals surface area contributed by atoms with Gasteiger partial charge in [0.2, 0.25) is 0 Å². The predicted molar refractivity (Wildman–Crippen MR) is 138 cm³/mol. The molecule has 2 nitrogen and oxygen atoms in total. The van der Waals surface area contributed by atoms with Crippen LogP contribution in [0.2, 0.25) is 0 Å². The Hall–Kier alpha value is -0.0800. The molecule has 2 heteroatoms. The third-order valence-corrected chi connectivity index (χ3v) is 6.46. The minimum Gasteiger partial charge on any atom is -0.314 e. The smallest absolute Gasteiger partial charge is 0.00823 e. The summed E-state index contributed by atoms with van der Waals surface area (Å²) >= 11 is 0. The van der Waals surface area contributed by atoms with Gasteiger partial charge in [-0.2, -0.15) is 0 Å². The van der Waals surface area contributed by atoms with Crippen LogP contribution in [0, 0.1) is 6.92 Å². The van der Waals surface area contributed by atoms with Crippen molar-refractivity contribution in [1.29, 1.82) is 0 Å². The molecule has 0 heterocycles. The van der Waals surface area contributed by atoms with Crippen molar-refractivity contribution in [3.8, 4) is 0 Å². The van der Waals surface area contributed by atoms with Gasteiger partial charge in [-0.05, 0) is 32.9 Å². The zero-order chi connectivity index (χ0) is 22.1. The average molecular weight is 424 g/mol. The van der Waals surface area contributed by atoms with Gasteiger partial charge in [0, 0.05) is 12.1 Å². The molecule has 30 heavy (non-hydrogen) atoms. The van der Waals surface area contributed by atoms with Crippen LogP contribution in [-0.2, 0) is 0 Å². The first kappa shape index (κ1) is 29.9. The highest BCUT2D eigenvalue weighted by atomic mass is 14.9. The van der Waals surface area contributed by atoms with Crippen molar-refractivity contribution in [1.82, 2.24) is 10.6 Å². The molecule has 0 amide bonds. The molecule has 0 bridgehead atoms. The van der Waals surface area contributed by atoms with E-state index in [2.05, 4.69) is 38.3 Å². The molecule has 0 saturated heterocycles. The molecule has 1 radical (unpaired) electrons. The highest BCUT2D eigenvalue weighted by Gasteiger charge is 2.11. The van der Waals surface area contributed by atoms with Crippen LogP contribution in [0.25, 0.3) is 0 Å². The van der Waals surface area contributed by atoms with Crippen LogP contribution in [0.3, 0.4) is 0 Å². The third kappa shape index (κ3) is 22.6. The van der Waals surface area contributed by atoms with Gasteiger partial charge in [-0.25, -0.2) is 0 Å². The Morgan fingerprint density at radius 2 is 0.867 bits per heavy atom. The van der Waals surface area contributed by atoms with Crippen molar-refractivity contribution in [2.75, 3.05) is 13.1 Å². The van der Waals surface area contributed by atoms with Gasteiger partial charge in [0.25, 0.3) is 0 Å². The molecule has 0 fully saturated rings. The van der Waals surface area contributed by atoms with E-state index in [9.17, 15) is 0 Å². The van der Waals surface area contributed by atoms with Gasteiger partial charge < -0.3 is 10.6 Å². The largest absolute Gasteiger partial charge is 0.314 e. The van der Waals surface area contributed by atoms with Gasteiger partial charge in [-0.1, -0.05) is 136 Å². The average Bonchev–Trinajstić information content (AvgIpc) is 2.73. The summed E-state index contributed by atoms with van der Waals surface area (Å²) in [4.78, 5) is 0. The summed E-state index contributed by atoms with van der Waals surface area (Å²) in [5.74, 6) is 0. The molecule has 0 aliphatic rings. The molecule has 0 aliphatic heterocycles. The fourth-order valence-corrected chi connectivity index (χ4v) is 4.60. The Labute approximate surface area is 192 Å². The maximum absolute atomic E-state index is 4.23. The van der Waals surface area contributed by atoms with E-state index in [1.165, 1.54) is 122 Å². The van der Waals surface area contributed by atoms with E-state index in [1.54, 1.807) is 0 Å². The van der Waals surface area contributed by atoms with Crippen LogP contribution in [-0.4, -0.2) is 25.2 Å². The summed E-state index contributed by atoms with van der Waals surface area (Å²) in [6, 6.07) is 1.02. The number of hydrogen-bond acceptors (Lipinski definition) is 2. The first-order valence-corrected chi connectivity index (χ1v) is 14.0. The van der Waals surface area contributed by atoms with E-state index in [0.717, 1.165) is 19.5 Å². The van der Waals surface area contributed by atoms with Crippen LogP contribution < -0.4 is 10.6 Å². The maximum Gasteiger partial charge on any atom is 0.00823 e. The van der Waals surface area contributed by atoms with Crippen LogP contribution >= 0.6 is 0 Å². The van der Waals surface area contributed by atoms with Crippen molar-refractivity contribution in [3.05, 3.63) is 6.92 Å². The number of unbranched alkanes of at least 4 members (excludes halogenated alkanes) is 17. The van der Waals surface area contributed by atoms with E-state index in [4.69, 9.17) is 0 Å². The fraction of sp³-hybridized carbons (Fsp3) is 0.964. The predicted octanol–water partition coefficient (Wildman–Crippen LogP) is 8.60. The van der Waals surface area contributed by atoms with Gasteiger partial charge in [-0.15, -0.1) is 0 Å². The molecule has 0 aliphatic carbocycles. The van der Waals surface area contributed by atoms with Crippen molar-refractivity contribution >= 4 is 0 Å². The summed E-state index contributed by atoms with van der Waals surface area (Å²) in [5.41, 5.74) is 0. The quantitative estimate of drug-likeness (QED) is 0.144. The summed E-state index contributed by atoms with van der Waals surface area (Å²) < 4.78 is 0. The minimum absolute atomic E-state index is 0.384. The van der Waals surface area contributed by atoms with E-state index < -0.39 is 0 Å². The zero-order valence-corrected chi connectivity index (χ0v) is 21.4. The summed E-state index contributed by atoms with van der Waals surface area (Å²) in [5, 5.41) is 7.09. The molecule has 0 rings (SSSR count). The molecule has 181 valence electrons. The second-order valence-corrected chi connectivity index (χ2v) is 9.54. The SMILES string of the molecule is [CH2]C(CC(CCCCCCCCCCCCCCCCCCCC)NCC)NCC. The van der Waals surface area contributed by atoms with Gasteiger partial charge in [0.15, 0.2) is 0 Å². The summed E-state index contributed by atoms with van der Waals surface area (Å²) in [7, 11) is 0. The Balaban J connectivity index is 3.29. The molecule has 0 spiro atoms. The van der Waals surface area contributed by atoms with Gasteiger partial charge in [0.1, 0.15) is 0 Å². The third-order valence-electron chi connectivity index (χ3n) is 6.46. The molecule has 2 atom stereocenters. The Kier molecular flexibility index (Phi) is 25.1. The van der Waals surface area contributed by atoms with E-state index in [-0.39, 0.29) is 0 Å². The lowest BCUT2D eigenvalue weighted by molar-refractivity contribution is 0.401. The first-order chi connectivity index (χ1) is 14.7. The molecule has 0 aromatic rings. The van der Waals surface area contributed by atoms with Crippen LogP contribution in [0.5, 0.6) is 0 Å². The van der Waals surface area contributed by atoms with Crippen molar-refractivity contribution < 1.29 is 0 Å². The van der Waals surface area contributed by atoms with Crippen LogP contribution in [0.4, 0.5) is 0 Å². The van der Waals surface area contributed by atoms with E-state index in [1.807, 2.05) is 0 Å². The molecule has 0 aromatic carbocycles. The highest BCUT2D eigenvalue weighted by molar-refractivity contribution is 4.77.